The average molecular weight is 258 g/mol. The molecule has 4 nitrogen and oxygen atoms in total. The summed E-state index contributed by atoms with van der Waals surface area (Å²) in [5.41, 5.74) is 2.48. The highest BCUT2D eigenvalue weighted by Gasteiger charge is 1.99. The fraction of sp³-hybridized carbons (Fsp3) is 0.467. The molecule has 0 saturated heterocycles. The molecule has 0 bridgehead atoms. The van der Waals surface area contributed by atoms with E-state index in [2.05, 4.69) is 45.1 Å². The van der Waals surface area contributed by atoms with E-state index in [1.165, 1.54) is 17.7 Å². The summed E-state index contributed by atoms with van der Waals surface area (Å²) in [6.07, 6.45) is 11.0. The number of nitrogens with one attached hydrogen (secondary N) is 1. The molecular formula is C15H22N4. The van der Waals surface area contributed by atoms with Crippen LogP contribution in [0.2, 0.25) is 0 Å². The molecule has 0 aromatic carbocycles. The van der Waals surface area contributed by atoms with Crippen molar-refractivity contribution in [2.75, 3.05) is 13.1 Å². The van der Waals surface area contributed by atoms with Crippen molar-refractivity contribution in [2.45, 2.75) is 32.7 Å². The minimum atomic E-state index is 0.972. The van der Waals surface area contributed by atoms with Gasteiger partial charge in [0.25, 0.3) is 0 Å². The third kappa shape index (κ3) is 4.83. The van der Waals surface area contributed by atoms with Gasteiger partial charge in [0.2, 0.25) is 0 Å². The van der Waals surface area contributed by atoms with E-state index in [9.17, 15) is 0 Å². The predicted octanol–water partition coefficient (Wildman–Crippen LogP) is 2.06. The van der Waals surface area contributed by atoms with Crippen LogP contribution in [0.5, 0.6) is 0 Å². The second kappa shape index (κ2) is 7.69. The molecule has 102 valence electrons. The zero-order valence-electron chi connectivity index (χ0n) is 11.5. The maximum Gasteiger partial charge on any atom is 0.0949 e. The second-order valence-electron chi connectivity index (χ2n) is 4.71. The van der Waals surface area contributed by atoms with Crippen LogP contribution in [0.4, 0.5) is 0 Å². The Kier molecular flexibility index (Phi) is 5.56. The van der Waals surface area contributed by atoms with Crippen LogP contribution < -0.4 is 5.32 Å². The number of hydrogen-bond acceptors (Lipinski definition) is 3. The number of imidazole rings is 1. The van der Waals surface area contributed by atoms with E-state index in [1.54, 1.807) is 0 Å². The first kappa shape index (κ1) is 13.7. The van der Waals surface area contributed by atoms with E-state index >= 15 is 0 Å². The average Bonchev–Trinajstić information content (AvgIpc) is 2.91. The number of aromatic nitrogens is 3. The van der Waals surface area contributed by atoms with Crippen LogP contribution in [-0.2, 0) is 19.4 Å². The number of nitrogens with zero attached hydrogens (tertiary/aromatic N) is 3. The molecule has 0 unspecified atom stereocenters. The van der Waals surface area contributed by atoms with Gasteiger partial charge in [0.05, 0.1) is 12.0 Å². The molecule has 4 heteroatoms. The van der Waals surface area contributed by atoms with Crippen LogP contribution in [-0.4, -0.2) is 27.6 Å². The summed E-state index contributed by atoms with van der Waals surface area (Å²) in [6, 6.07) is 4.12. The highest BCUT2D eigenvalue weighted by Crippen LogP contribution is 2.02. The lowest BCUT2D eigenvalue weighted by molar-refractivity contribution is 0.664. The molecule has 2 aromatic heterocycles. The van der Waals surface area contributed by atoms with Gasteiger partial charge < -0.3 is 9.88 Å². The van der Waals surface area contributed by atoms with Gasteiger partial charge in [-0.1, -0.05) is 6.92 Å². The van der Waals surface area contributed by atoms with Crippen LogP contribution in [0.3, 0.4) is 0 Å². The summed E-state index contributed by atoms with van der Waals surface area (Å²) in [5, 5.41) is 3.39. The normalized spacial score (nSPS) is 10.8. The van der Waals surface area contributed by atoms with Crippen LogP contribution in [0.25, 0.3) is 0 Å². The third-order valence-electron chi connectivity index (χ3n) is 3.08. The van der Waals surface area contributed by atoms with Crippen molar-refractivity contribution in [3.05, 3.63) is 48.3 Å². The first-order chi connectivity index (χ1) is 9.38. The summed E-state index contributed by atoms with van der Waals surface area (Å²) in [7, 11) is 0. The number of hydrogen-bond donors (Lipinski definition) is 1. The number of pyridine rings is 1. The van der Waals surface area contributed by atoms with E-state index in [4.69, 9.17) is 0 Å². The standard InChI is InChI=1S/C15H22N4/c1-2-7-16-10-5-15-12-19(13-18-15)11-6-14-3-8-17-9-4-14/h3-4,8-9,12-13,16H,2,5-7,10-11H2,1H3. The van der Waals surface area contributed by atoms with Crippen LogP contribution in [0.1, 0.15) is 24.6 Å². The number of rotatable bonds is 8. The van der Waals surface area contributed by atoms with Crippen LogP contribution in [0.15, 0.2) is 37.1 Å². The maximum atomic E-state index is 4.44. The predicted molar refractivity (Wildman–Crippen MR) is 77.0 cm³/mol. The summed E-state index contributed by atoms with van der Waals surface area (Å²) >= 11 is 0. The quantitative estimate of drug-likeness (QED) is 0.737. The molecule has 1 N–H and O–H groups in total. The Balaban J connectivity index is 1.74. The van der Waals surface area contributed by atoms with E-state index in [0.717, 1.165) is 32.5 Å². The molecule has 0 radical (unpaired) electrons. The van der Waals surface area contributed by atoms with Gasteiger partial charge in [0.15, 0.2) is 0 Å². The van der Waals surface area contributed by atoms with Gasteiger partial charge in [0, 0.05) is 38.1 Å². The van der Waals surface area contributed by atoms with Crippen LogP contribution >= 0.6 is 0 Å². The molecule has 0 aliphatic heterocycles. The molecule has 0 saturated carbocycles. The summed E-state index contributed by atoms with van der Waals surface area (Å²) in [4.78, 5) is 8.46. The highest BCUT2D eigenvalue weighted by atomic mass is 15.0. The second-order valence-corrected chi connectivity index (χ2v) is 4.71. The smallest absolute Gasteiger partial charge is 0.0949 e. The molecule has 19 heavy (non-hydrogen) atoms. The van der Waals surface area contributed by atoms with Gasteiger partial charge in [0.1, 0.15) is 0 Å². The van der Waals surface area contributed by atoms with Crippen molar-refractivity contribution < 1.29 is 0 Å². The molecule has 0 amide bonds. The molecule has 2 rings (SSSR count). The topological polar surface area (TPSA) is 42.7 Å². The van der Waals surface area contributed by atoms with E-state index in [-0.39, 0.29) is 0 Å². The van der Waals surface area contributed by atoms with Crippen molar-refractivity contribution in [1.29, 1.82) is 0 Å². The zero-order valence-corrected chi connectivity index (χ0v) is 11.5. The van der Waals surface area contributed by atoms with E-state index in [1.807, 2.05) is 18.7 Å². The SMILES string of the molecule is CCCNCCc1cn(CCc2ccncc2)cn1. The highest BCUT2D eigenvalue weighted by molar-refractivity contribution is 5.09. The Morgan fingerprint density at radius 1 is 1.16 bits per heavy atom. The Labute approximate surface area is 114 Å². The first-order valence-electron chi connectivity index (χ1n) is 6.98. The van der Waals surface area contributed by atoms with Crippen molar-refractivity contribution in [3.63, 3.8) is 0 Å². The van der Waals surface area contributed by atoms with Gasteiger partial charge in [-0.15, -0.1) is 0 Å². The molecule has 0 aliphatic carbocycles. The van der Waals surface area contributed by atoms with E-state index < -0.39 is 0 Å². The monoisotopic (exact) mass is 258 g/mol. The fourth-order valence-corrected chi connectivity index (χ4v) is 1.98. The molecule has 0 fully saturated rings. The zero-order chi connectivity index (χ0) is 13.3. The molecular weight excluding hydrogens is 236 g/mol. The number of aryl methyl sites for hydroxylation is 2. The largest absolute Gasteiger partial charge is 0.337 e. The van der Waals surface area contributed by atoms with E-state index in [0.29, 0.717) is 0 Å². The minimum Gasteiger partial charge on any atom is -0.337 e. The van der Waals surface area contributed by atoms with Crippen LogP contribution in [0, 0.1) is 0 Å². The van der Waals surface area contributed by atoms with Gasteiger partial charge in [-0.2, -0.15) is 0 Å². The van der Waals surface area contributed by atoms with Gasteiger partial charge >= 0.3 is 0 Å². The lowest BCUT2D eigenvalue weighted by atomic mass is 10.2. The first-order valence-corrected chi connectivity index (χ1v) is 6.98. The maximum absolute atomic E-state index is 4.44. The Hall–Kier alpha value is -1.68. The Morgan fingerprint density at radius 3 is 2.79 bits per heavy atom. The van der Waals surface area contributed by atoms with Crippen molar-refractivity contribution in [2.24, 2.45) is 0 Å². The lowest BCUT2D eigenvalue weighted by Crippen LogP contribution is -2.17. The molecule has 0 atom stereocenters. The molecule has 0 spiro atoms. The van der Waals surface area contributed by atoms with Gasteiger partial charge in [-0.3, -0.25) is 4.98 Å². The fourth-order valence-electron chi connectivity index (χ4n) is 1.98. The summed E-state index contributed by atoms with van der Waals surface area (Å²) in [6.45, 7) is 5.25. The Morgan fingerprint density at radius 2 is 2.00 bits per heavy atom. The van der Waals surface area contributed by atoms with Crippen molar-refractivity contribution >= 4 is 0 Å². The molecule has 2 heterocycles. The lowest BCUT2D eigenvalue weighted by Gasteiger charge is -2.02. The Bertz CT molecular complexity index is 464. The molecule has 2 aromatic rings. The van der Waals surface area contributed by atoms with Gasteiger partial charge in [-0.05, 0) is 37.1 Å². The third-order valence-corrected chi connectivity index (χ3v) is 3.08. The van der Waals surface area contributed by atoms with Crippen molar-refractivity contribution in [1.82, 2.24) is 19.9 Å². The minimum absolute atomic E-state index is 0.972. The summed E-state index contributed by atoms with van der Waals surface area (Å²) in [5.74, 6) is 0. The van der Waals surface area contributed by atoms with Gasteiger partial charge in [-0.25, -0.2) is 4.98 Å². The molecule has 0 aliphatic rings. The summed E-state index contributed by atoms with van der Waals surface area (Å²) < 4.78 is 2.16. The van der Waals surface area contributed by atoms with Crippen molar-refractivity contribution in [3.8, 4) is 0 Å².